The zero-order valence-electron chi connectivity index (χ0n) is 21.7. The summed E-state index contributed by atoms with van der Waals surface area (Å²) in [5, 5.41) is 1.15. The van der Waals surface area contributed by atoms with Crippen molar-refractivity contribution in [2.75, 3.05) is 13.1 Å². The zero-order valence-corrected chi connectivity index (χ0v) is 21.7. The van der Waals surface area contributed by atoms with Gasteiger partial charge in [-0.3, -0.25) is 14.2 Å². The number of amides is 1. The van der Waals surface area contributed by atoms with Gasteiger partial charge in [0.15, 0.2) is 17.7 Å². The smallest absolute Gasteiger partial charge is 0.263 e. The maximum Gasteiger partial charge on any atom is 0.263 e. The average molecular weight is 522 g/mol. The largest absolute Gasteiger partial charge is 0.478 e. The second-order valence-electron chi connectivity index (χ2n) is 10.6. The van der Waals surface area contributed by atoms with Crippen molar-refractivity contribution in [1.29, 1.82) is 0 Å². The number of aromatic nitrogens is 4. The number of benzene rings is 2. The van der Waals surface area contributed by atoms with Crippen molar-refractivity contribution in [3.05, 3.63) is 90.4 Å². The van der Waals surface area contributed by atoms with Gasteiger partial charge in [0.05, 0.1) is 17.4 Å². The molecule has 39 heavy (non-hydrogen) atoms. The maximum atomic E-state index is 15.1. The van der Waals surface area contributed by atoms with E-state index in [0.717, 1.165) is 60.9 Å². The molecule has 0 N–H and O–H groups in total. The van der Waals surface area contributed by atoms with Crippen molar-refractivity contribution in [2.24, 2.45) is 0 Å². The van der Waals surface area contributed by atoms with Crippen LogP contribution in [0.25, 0.3) is 27.8 Å². The fraction of sp³-hybridized carbons (Fsp3) is 0.290. The van der Waals surface area contributed by atoms with E-state index < -0.39 is 11.9 Å². The second-order valence-corrected chi connectivity index (χ2v) is 10.6. The topological polar surface area (TPSA) is 72.6 Å². The van der Waals surface area contributed by atoms with Crippen molar-refractivity contribution < 1.29 is 13.9 Å². The molecule has 1 saturated carbocycles. The lowest BCUT2D eigenvalue weighted by Gasteiger charge is -2.21. The predicted octanol–water partition coefficient (Wildman–Crippen LogP) is 5.55. The minimum Gasteiger partial charge on any atom is -0.478 e. The molecule has 1 saturated heterocycles. The molecule has 1 atom stereocenters. The molecule has 3 aromatic heterocycles. The molecule has 1 unspecified atom stereocenters. The Morgan fingerprint density at radius 1 is 1.00 bits per heavy atom. The fourth-order valence-corrected chi connectivity index (χ4v) is 5.90. The summed E-state index contributed by atoms with van der Waals surface area (Å²) in [4.78, 5) is 28.1. The van der Waals surface area contributed by atoms with Gasteiger partial charge in [-0.2, -0.15) is 0 Å². The lowest BCUT2D eigenvalue weighted by Crippen LogP contribution is -2.38. The molecule has 4 heterocycles. The second kappa shape index (κ2) is 9.15. The van der Waals surface area contributed by atoms with E-state index in [4.69, 9.17) is 4.74 Å². The van der Waals surface area contributed by atoms with E-state index in [2.05, 4.69) is 33.2 Å². The first kappa shape index (κ1) is 23.8. The van der Waals surface area contributed by atoms with Gasteiger partial charge in [0.2, 0.25) is 5.78 Å². The van der Waals surface area contributed by atoms with Crippen LogP contribution in [0.3, 0.4) is 0 Å². The molecule has 7 rings (SSSR count). The third-order valence-electron chi connectivity index (χ3n) is 8.10. The van der Waals surface area contributed by atoms with E-state index >= 15 is 4.39 Å². The van der Waals surface area contributed by atoms with Gasteiger partial charge in [0.1, 0.15) is 0 Å². The highest BCUT2D eigenvalue weighted by Crippen LogP contribution is 2.55. The van der Waals surface area contributed by atoms with Crippen LogP contribution in [0, 0.1) is 5.82 Å². The average Bonchev–Trinajstić information content (AvgIpc) is 3.36. The van der Waals surface area contributed by atoms with E-state index in [-0.39, 0.29) is 17.1 Å². The number of nitrogens with zero attached hydrogens (tertiary/aromatic N) is 5. The molecule has 2 aromatic carbocycles. The number of hydrogen-bond acceptors (Lipinski definition) is 5. The Hall–Kier alpha value is -4.33. The Balaban J connectivity index is 1.20. The fourth-order valence-electron chi connectivity index (χ4n) is 5.90. The molecule has 1 aliphatic heterocycles. The maximum absolute atomic E-state index is 15.1. The molecular weight excluding hydrogens is 493 g/mol. The van der Waals surface area contributed by atoms with E-state index in [0.29, 0.717) is 11.3 Å². The van der Waals surface area contributed by atoms with Crippen LogP contribution in [0.1, 0.15) is 43.9 Å². The molecule has 196 valence electrons. The first-order valence-electron chi connectivity index (χ1n) is 13.5. The summed E-state index contributed by atoms with van der Waals surface area (Å²) < 4.78 is 22.9. The van der Waals surface area contributed by atoms with Crippen LogP contribution in [-0.2, 0) is 10.2 Å². The molecule has 8 heteroatoms. The number of ether oxygens (including phenoxy) is 1. The van der Waals surface area contributed by atoms with Crippen molar-refractivity contribution >= 4 is 22.6 Å². The van der Waals surface area contributed by atoms with Crippen LogP contribution < -0.4 is 4.74 Å². The summed E-state index contributed by atoms with van der Waals surface area (Å²) in [7, 11) is 0. The van der Waals surface area contributed by atoms with Gasteiger partial charge in [-0.25, -0.2) is 14.4 Å². The summed E-state index contributed by atoms with van der Waals surface area (Å²) in [6.07, 6.45) is 10.7. The van der Waals surface area contributed by atoms with Gasteiger partial charge in [0, 0.05) is 48.0 Å². The standard InChI is InChI=1S/C31H28FN5O2/c1-20(29(38)36-14-2-3-15-36)39-27-10-9-21(16-25(27)32)22-17-34-30-35-18-28(37(30)19-22)31(11-12-31)24-7-4-8-26-23(24)6-5-13-33-26/h4-10,13,16-20H,2-3,11-12,14-15H2,1H3. The number of hydrogen-bond donors (Lipinski definition) is 0. The minimum absolute atomic E-state index is 0.0673. The molecule has 2 fully saturated rings. The highest BCUT2D eigenvalue weighted by Gasteiger charge is 2.49. The molecular formula is C31H28FN5O2. The number of carbonyl (C=O) groups excluding carboxylic acids is 1. The van der Waals surface area contributed by atoms with Gasteiger partial charge < -0.3 is 9.64 Å². The van der Waals surface area contributed by atoms with E-state index in [1.165, 1.54) is 11.6 Å². The van der Waals surface area contributed by atoms with Crippen LogP contribution >= 0.6 is 0 Å². The van der Waals surface area contributed by atoms with Gasteiger partial charge in [0.25, 0.3) is 5.91 Å². The van der Waals surface area contributed by atoms with E-state index in [9.17, 15) is 4.79 Å². The summed E-state index contributed by atoms with van der Waals surface area (Å²) in [6, 6.07) is 15.2. The highest BCUT2D eigenvalue weighted by molar-refractivity contribution is 5.84. The molecule has 0 bridgehead atoms. The van der Waals surface area contributed by atoms with Crippen LogP contribution in [0.2, 0.25) is 0 Å². The Kier molecular flexibility index (Phi) is 5.58. The number of carbonyl (C=O) groups is 1. The molecule has 7 nitrogen and oxygen atoms in total. The molecule has 2 aliphatic rings. The van der Waals surface area contributed by atoms with E-state index in [1.54, 1.807) is 30.2 Å². The first-order valence-corrected chi connectivity index (χ1v) is 13.5. The Morgan fingerprint density at radius 3 is 2.62 bits per heavy atom. The molecule has 0 spiro atoms. The van der Waals surface area contributed by atoms with Crippen LogP contribution in [0.5, 0.6) is 5.75 Å². The molecule has 0 radical (unpaired) electrons. The lowest BCUT2D eigenvalue weighted by molar-refractivity contribution is -0.136. The normalized spacial score (nSPS) is 17.0. The third-order valence-corrected chi connectivity index (χ3v) is 8.10. The van der Waals surface area contributed by atoms with Crippen LogP contribution in [0.15, 0.2) is 73.3 Å². The SMILES string of the molecule is CC(Oc1ccc(-c2cnc3ncc(C4(c5cccc6ncccc56)CC4)n3c2)cc1F)C(=O)N1CCCC1. The number of pyridine rings is 1. The lowest BCUT2D eigenvalue weighted by atomic mass is 9.89. The summed E-state index contributed by atoms with van der Waals surface area (Å²) in [5.41, 5.74) is 4.56. The summed E-state index contributed by atoms with van der Waals surface area (Å²) in [6.45, 7) is 3.14. The zero-order chi connectivity index (χ0) is 26.6. The van der Waals surface area contributed by atoms with Crippen molar-refractivity contribution in [3.8, 4) is 16.9 Å². The Morgan fingerprint density at radius 2 is 1.82 bits per heavy atom. The number of rotatable bonds is 6. The van der Waals surface area contributed by atoms with E-state index in [1.807, 2.05) is 35.1 Å². The van der Waals surface area contributed by atoms with Gasteiger partial charge in [-0.15, -0.1) is 0 Å². The number of imidazole rings is 1. The van der Waals surface area contributed by atoms with Crippen molar-refractivity contribution in [3.63, 3.8) is 0 Å². The van der Waals surface area contributed by atoms with Gasteiger partial charge in [-0.05, 0) is 68.0 Å². The predicted molar refractivity (Wildman–Crippen MR) is 146 cm³/mol. The summed E-state index contributed by atoms with van der Waals surface area (Å²) in [5.74, 6) is 0.0569. The Bertz CT molecular complexity index is 1720. The quantitative estimate of drug-likeness (QED) is 0.293. The molecule has 1 amide bonds. The Labute approximate surface area is 225 Å². The van der Waals surface area contributed by atoms with Gasteiger partial charge >= 0.3 is 0 Å². The van der Waals surface area contributed by atoms with Crippen molar-refractivity contribution in [2.45, 2.75) is 44.1 Å². The van der Waals surface area contributed by atoms with Crippen LogP contribution in [-0.4, -0.2) is 49.4 Å². The monoisotopic (exact) mass is 521 g/mol. The van der Waals surface area contributed by atoms with Gasteiger partial charge in [-0.1, -0.05) is 24.3 Å². The first-order chi connectivity index (χ1) is 19.0. The highest BCUT2D eigenvalue weighted by atomic mass is 19.1. The number of halogens is 1. The summed E-state index contributed by atoms with van der Waals surface area (Å²) >= 11 is 0. The van der Waals surface area contributed by atoms with Crippen molar-refractivity contribution in [1.82, 2.24) is 24.3 Å². The molecule has 5 aromatic rings. The third kappa shape index (κ3) is 4.02. The molecule has 1 aliphatic carbocycles. The number of fused-ring (bicyclic) bond motifs is 2. The number of likely N-dealkylation sites (tertiary alicyclic amines) is 1. The minimum atomic E-state index is -0.742. The van der Waals surface area contributed by atoms with Crippen LogP contribution in [0.4, 0.5) is 4.39 Å².